The summed E-state index contributed by atoms with van der Waals surface area (Å²) in [6.07, 6.45) is 3.03. The first-order chi connectivity index (χ1) is 9.48. The summed E-state index contributed by atoms with van der Waals surface area (Å²) in [6.45, 7) is 0.449. The summed E-state index contributed by atoms with van der Waals surface area (Å²) in [5, 5.41) is 0.473. The van der Waals surface area contributed by atoms with Crippen molar-refractivity contribution in [3.8, 4) is 0 Å². The molecule has 1 aliphatic rings. The van der Waals surface area contributed by atoms with Gasteiger partial charge in [0, 0.05) is 23.3 Å². The van der Waals surface area contributed by atoms with Crippen molar-refractivity contribution in [1.29, 1.82) is 0 Å². The van der Waals surface area contributed by atoms with E-state index in [9.17, 15) is 8.42 Å². The number of hydrogen-bond acceptors (Lipinski definition) is 4. The molecule has 0 atom stereocenters. The maximum Gasteiger partial charge on any atom is 0.245 e. The van der Waals surface area contributed by atoms with Crippen molar-refractivity contribution in [3.05, 3.63) is 52.0 Å². The molecule has 0 N–H and O–H groups in total. The quantitative estimate of drug-likeness (QED) is 0.849. The predicted molar refractivity (Wildman–Crippen MR) is 74.9 cm³/mol. The van der Waals surface area contributed by atoms with E-state index in [2.05, 4.69) is 9.97 Å². The molecule has 20 heavy (non-hydrogen) atoms. The number of rotatable bonds is 2. The molecular formula is C12H9Cl2N3O2S. The fraction of sp³-hybridized carbons (Fsp3) is 0.167. The number of sulfonamides is 1. The van der Waals surface area contributed by atoms with Crippen LogP contribution in [-0.4, -0.2) is 22.7 Å². The van der Waals surface area contributed by atoms with Gasteiger partial charge in [-0.3, -0.25) is 0 Å². The van der Waals surface area contributed by atoms with E-state index in [1.807, 2.05) is 0 Å². The zero-order valence-electron chi connectivity index (χ0n) is 10.1. The molecule has 2 heterocycles. The van der Waals surface area contributed by atoms with Crippen molar-refractivity contribution in [1.82, 2.24) is 14.3 Å². The van der Waals surface area contributed by atoms with Crippen LogP contribution in [0.5, 0.6) is 0 Å². The molecule has 0 spiro atoms. The van der Waals surface area contributed by atoms with Gasteiger partial charge >= 0.3 is 0 Å². The number of hydrogen-bond donors (Lipinski definition) is 0. The number of aromatic nitrogens is 2. The van der Waals surface area contributed by atoms with E-state index >= 15 is 0 Å². The van der Waals surface area contributed by atoms with Gasteiger partial charge in [0.2, 0.25) is 10.0 Å². The van der Waals surface area contributed by atoms with Gasteiger partial charge in [-0.25, -0.2) is 18.4 Å². The van der Waals surface area contributed by atoms with Crippen molar-refractivity contribution >= 4 is 33.2 Å². The van der Waals surface area contributed by atoms with Gasteiger partial charge in [-0.15, -0.1) is 0 Å². The topological polar surface area (TPSA) is 63.2 Å². The maximum absolute atomic E-state index is 12.6. The Morgan fingerprint density at radius 2 is 2.00 bits per heavy atom. The minimum absolute atomic E-state index is 0.00688. The fourth-order valence-electron chi connectivity index (χ4n) is 2.06. The SMILES string of the molecule is O=S(=O)(c1cc(Cl)ccc1Cl)N1Cc2cncnc2C1. The maximum atomic E-state index is 12.6. The molecule has 8 heteroatoms. The van der Waals surface area contributed by atoms with Crippen LogP contribution in [0.2, 0.25) is 10.0 Å². The Balaban J connectivity index is 2.01. The molecule has 0 unspecified atom stereocenters. The van der Waals surface area contributed by atoms with E-state index in [-0.39, 0.29) is 23.0 Å². The minimum Gasteiger partial charge on any atom is -0.244 e. The van der Waals surface area contributed by atoms with Crippen LogP contribution in [0.3, 0.4) is 0 Å². The molecule has 1 aromatic heterocycles. The normalized spacial score (nSPS) is 15.3. The van der Waals surface area contributed by atoms with E-state index in [0.29, 0.717) is 10.7 Å². The molecule has 0 fully saturated rings. The van der Waals surface area contributed by atoms with Gasteiger partial charge in [0.15, 0.2) is 0 Å². The van der Waals surface area contributed by atoms with Crippen molar-refractivity contribution in [2.45, 2.75) is 18.0 Å². The molecule has 0 bridgehead atoms. The summed E-state index contributed by atoms with van der Waals surface area (Å²) >= 11 is 11.8. The second-order valence-corrected chi connectivity index (χ2v) is 7.09. The predicted octanol–water partition coefficient (Wildman–Crippen LogP) is 2.49. The second-order valence-electron chi connectivity index (χ2n) is 4.34. The molecule has 5 nitrogen and oxygen atoms in total. The number of halogens is 2. The molecule has 0 saturated carbocycles. The summed E-state index contributed by atoms with van der Waals surface area (Å²) in [7, 11) is -3.71. The molecule has 3 rings (SSSR count). The lowest BCUT2D eigenvalue weighted by Crippen LogP contribution is -2.26. The van der Waals surface area contributed by atoms with Crippen molar-refractivity contribution < 1.29 is 8.42 Å². The summed E-state index contributed by atoms with van der Waals surface area (Å²) in [5.74, 6) is 0. The van der Waals surface area contributed by atoms with Crippen LogP contribution >= 0.6 is 23.2 Å². The minimum atomic E-state index is -3.71. The lowest BCUT2D eigenvalue weighted by molar-refractivity contribution is 0.430. The first-order valence-corrected chi connectivity index (χ1v) is 7.91. The Hall–Kier alpha value is -1.21. The molecular weight excluding hydrogens is 321 g/mol. The summed E-state index contributed by atoms with van der Waals surface area (Å²) < 4.78 is 26.5. The molecule has 0 aliphatic carbocycles. The Morgan fingerprint density at radius 3 is 2.75 bits per heavy atom. The third-order valence-electron chi connectivity index (χ3n) is 3.07. The van der Waals surface area contributed by atoms with Crippen LogP contribution in [0.4, 0.5) is 0 Å². The fourth-order valence-corrected chi connectivity index (χ4v) is 4.17. The van der Waals surface area contributed by atoms with Crippen LogP contribution in [-0.2, 0) is 23.1 Å². The van der Waals surface area contributed by atoms with Crippen molar-refractivity contribution in [2.24, 2.45) is 0 Å². The first kappa shape index (κ1) is 13.8. The number of benzene rings is 1. The first-order valence-electron chi connectivity index (χ1n) is 5.71. The summed E-state index contributed by atoms with van der Waals surface area (Å²) in [4.78, 5) is 7.98. The monoisotopic (exact) mass is 329 g/mol. The molecule has 0 saturated heterocycles. The Labute approximate surface area is 126 Å². The highest BCUT2D eigenvalue weighted by Gasteiger charge is 2.32. The summed E-state index contributed by atoms with van der Waals surface area (Å²) in [6, 6.07) is 4.38. The van der Waals surface area contributed by atoms with E-state index < -0.39 is 10.0 Å². The third kappa shape index (κ3) is 2.29. The van der Waals surface area contributed by atoms with E-state index in [0.717, 1.165) is 5.56 Å². The Bertz CT molecular complexity index is 755. The van der Waals surface area contributed by atoms with E-state index in [1.54, 1.807) is 12.3 Å². The van der Waals surface area contributed by atoms with Gasteiger partial charge in [0.25, 0.3) is 0 Å². The van der Waals surface area contributed by atoms with E-state index in [1.165, 1.54) is 22.8 Å². The zero-order chi connectivity index (χ0) is 14.3. The second kappa shape index (κ2) is 4.96. The van der Waals surface area contributed by atoms with Gasteiger partial charge in [0.05, 0.1) is 17.3 Å². The standard InChI is InChI=1S/C12H9Cl2N3O2S/c13-9-1-2-10(14)12(3-9)20(18,19)17-5-8-4-15-7-16-11(8)6-17/h1-4,7H,5-6H2. The highest BCUT2D eigenvalue weighted by atomic mass is 35.5. The van der Waals surface area contributed by atoms with Crippen molar-refractivity contribution in [3.63, 3.8) is 0 Å². The average molecular weight is 330 g/mol. The molecule has 2 aromatic rings. The van der Waals surface area contributed by atoms with Crippen molar-refractivity contribution in [2.75, 3.05) is 0 Å². The molecule has 0 amide bonds. The van der Waals surface area contributed by atoms with Crippen LogP contribution in [0.15, 0.2) is 35.6 Å². The van der Waals surface area contributed by atoms with E-state index in [4.69, 9.17) is 23.2 Å². The molecule has 1 aromatic carbocycles. The van der Waals surface area contributed by atoms with Crippen LogP contribution in [0.25, 0.3) is 0 Å². The zero-order valence-corrected chi connectivity index (χ0v) is 12.5. The van der Waals surface area contributed by atoms with Crippen LogP contribution in [0.1, 0.15) is 11.3 Å². The summed E-state index contributed by atoms with van der Waals surface area (Å²) in [5.41, 5.74) is 1.51. The Kier molecular flexibility index (Phi) is 3.41. The molecule has 1 aliphatic heterocycles. The Morgan fingerprint density at radius 1 is 1.20 bits per heavy atom. The highest BCUT2D eigenvalue weighted by molar-refractivity contribution is 7.89. The van der Waals surface area contributed by atoms with Gasteiger partial charge < -0.3 is 0 Å². The largest absolute Gasteiger partial charge is 0.245 e. The average Bonchev–Trinajstić information content (AvgIpc) is 2.86. The molecule has 104 valence electrons. The number of fused-ring (bicyclic) bond motifs is 1. The van der Waals surface area contributed by atoms with Gasteiger partial charge in [-0.1, -0.05) is 23.2 Å². The number of nitrogens with zero attached hydrogens (tertiary/aromatic N) is 3. The lowest BCUT2D eigenvalue weighted by atomic mass is 10.3. The lowest BCUT2D eigenvalue weighted by Gasteiger charge is -2.16. The van der Waals surface area contributed by atoms with Gasteiger partial charge in [-0.2, -0.15) is 4.31 Å². The van der Waals surface area contributed by atoms with Gasteiger partial charge in [-0.05, 0) is 18.2 Å². The third-order valence-corrected chi connectivity index (χ3v) is 5.57. The smallest absolute Gasteiger partial charge is 0.244 e. The van der Waals surface area contributed by atoms with Gasteiger partial charge in [0.1, 0.15) is 11.2 Å². The highest BCUT2D eigenvalue weighted by Crippen LogP contribution is 2.31. The van der Waals surface area contributed by atoms with Crippen LogP contribution < -0.4 is 0 Å². The molecule has 0 radical (unpaired) electrons. The van der Waals surface area contributed by atoms with Crippen LogP contribution in [0, 0.1) is 0 Å².